The van der Waals surface area contributed by atoms with E-state index in [0.717, 1.165) is 40.9 Å². The van der Waals surface area contributed by atoms with Crippen molar-refractivity contribution in [2.24, 2.45) is 7.05 Å². The maximum atomic E-state index is 12.8. The Balaban J connectivity index is 1.71. The van der Waals surface area contributed by atoms with Gasteiger partial charge in [0.05, 0.1) is 5.69 Å². The van der Waals surface area contributed by atoms with E-state index in [1.54, 1.807) is 11.3 Å². The summed E-state index contributed by atoms with van der Waals surface area (Å²) in [7, 11) is 1.92. The summed E-state index contributed by atoms with van der Waals surface area (Å²) in [5, 5.41) is 9.64. The van der Waals surface area contributed by atoms with Crippen LogP contribution < -0.4 is 5.32 Å². The fourth-order valence-corrected chi connectivity index (χ4v) is 4.42. The molecule has 0 spiro atoms. The van der Waals surface area contributed by atoms with Crippen molar-refractivity contribution in [2.75, 3.05) is 5.32 Å². The third-order valence-electron chi connectivity index (χ3n) is 4.44. The van der Waals surface area contributed by atoms with Gasteiger partial charge in [-0.2, -0.15) is 5.10 Å². The normalized spacial score (nSPS) is 12.6. The van der Waals surface area contributed by atoms with E-state index < -0.39 is 0 Å². The molecule has 1 N–H and O–H groups in total. The van der Waals surface area contributed by atoms with Crippen LogP contribution in [0.15, 0.2) is 29.6 Å². The fourth-order valence-electron chi connectivity index (χ4n) is 3.54. The Bertz CT molecular complexity index is 931. The molecule has 1 amide bonds. The summed E-state index contributed by atoms with van der Waals surface area (Å²) in [6.45, 7) is 4.06. The minimum atomic E-state index is -0.129. The van der Waals surface area contributed by atoms with Crippen LogP contribution in [0.25, 0.3) is 11.3 Å². The van der Waals surface area contributed by atoms with E-state index in [2.05, 4.69) is 27.9 Å². The second-order valence-corrected chi connectivity index (χ2v) is 7.39. The van der Waals surface area contributed by atoms with Crippen molar-refractivity contribution < 1.29 is 4.79 Å². The van der Waals surface area contributed by atoms with Crippen molar-refractivity contribution in [1.82, 2.24) is 9.78 Å². The van der Waals surface area contributed by atoms with Crippen LogP contribution in [0.2, 0.25) is 0 Å². The number of benzene rings is 1. The largest absolute Gasteiger partial charge is 0.321 e. The molecule has 1 aliphatic carbocycles. The molecular formula is C19H19N3OS. The van der Waals surface area contributed by atoms with Crippen molar-refractivity contribution in [3.63, 3.8) is 0 Å². The summed E-state index contributed by atoms with van der Waals surface area (Å²) in [5.74, 6) is -0.129. The minimum Gasteiger partial charge on any atom is -0.321 e. The molecule has 4 nitrogen and oxygen atoms in total. The van der Waals surface area contributed by atoms with Gasteiger partial charge in [-0.1, -0.05) is 6.07 Å². The zero-order valence-corrected chi connectivity index (χ0v) is 14.8. The summed E-state index contributed by atoms with van der Waals surface area (Å²) in [5.41, 5.74) is 7.01. The summed E-state index contributed by atoms with van der Waals surface area (Å²) in [4.78, 5) is 14.2. The molecule has 3 aromatic rings. The molecule has 4 rings (SSSR count). The highest BCUT2D eigenvalue weighted by Gasteiger charge is 2.27. The number of fused-ring (bicyclic) bond motifs is 3. The van der Waals surface area contributed by atoms with Crippen LogP contribution in [0.1, 0.15) is 32.1 Å². The first-order valence-corrected chi connectivity index (χ1v) is 8.93. The molecule has 0 atom stereocenters. The molecule has 0 saturated heterocycles. The first kappa shape index (κ1) is 15.1. The van der Waals surface area contributed by atoms with Crippen LogP contribution in [0, 0.1) is 13.8 Å². The number of hydrogen-bond donors (Lipinski definition) is 1. The van der Waals surface area contributed by atoms with Crippen molar-refractivity contribution in [2.45, 2.75) is 26.7 Å². The van der Waals surface area contributed by atoms with E-state index in [1.165, 1.54) is 10.4 Å². The highest BCUT2D eigenvalue weighted by molar-refractivity contribution is 7.10. The number of nitrogens with one attached hydrogen (secondary N) is 1. The monoisotopic (exact) mass is 337 g/mol. The Kier molecular flexibility index (Phi) is 3.53. The van der Waals surface area contributed by atoms with Crippen LogP contribution in [-0.2, 0) is 19.9 Å². The highest BCUT2D eigenvalue weighted by Crippen LogP contribution is 2.37. The lowest BCUT2D eigenvalue weighted by atomic mass is 9.94. The van der Waals surface area contributed by atoms with Gasteiger partial charge >= 0.3 is 0 Å². The third kappa shape index (κ3) is 2.45. The average Bonchev–Trinajstić information content (AvgIpc) is 3.10. The van der Waals surface area contributed by atoms with Crippen LogP contribution in [-0.4, -0.2) is 15.7 Å². The average molecular weight is 337 g/mol. The molecule has 24 heavy (non-hydrogen) atoms. The predicted molar refractivity (Wildman–Crippen MR) is 97.8 cm³/mol. The number of nitrogens with zero attached hydrogens (tertiary/aromatic N) is 2. The smallest absolute Gasteiger partial charge is 0.276 e. The van der Waals surface area contributed by atoms with E-state index in [4.69, 9.17) is 0 Å². The van der Waals surface area contributed by atoms with E-state index >= 15 is 0 Å². The Morgan fingerprint density at radius 1 is 1.21 bits per heavy atom. The lowest BCUT2D eigenvalue weighted by molar-refractivity contribution is 0.102. The number of aryl methyl sites for hydroxylation is 4. The second-order valence-electron chi connectivity index (χ2n) is 6.39. The molecule has 0 bridgehead atoms. The second kappa shape index (κ2) is 5.60. The topological polar surface area (TPSA) is 46.9 Å². The van der Waals surface area contributed by atoms with E-state index in [1.807, 2.05) is 37.7 Å². The zero-order chi connectivity index (χ0) is 16.8. The first-order valence-electron chi connectivity index (χ1n) is 8.05. The Morgan fingerprint density at radius 3 is 2.71 bits per heavy atom. The van der Waals surface area contributed by atoms with Gasteiger partial charge in [-0.25, -0.2) is 0 Å². The van der Waals surface area contributed by atoms with E-state index in [9.17, 15) is 4.79 Å². The molecule has 0 aliphatic heterocycles. The maximum Gasteiger partial charge on any atom is 0.276 e. The van der Waals surface area contributed by atoms with Crippen molar-refractivity contribution in [1.29, 1.82) is 0 Å². The first-order chi connectivity index (χ1) is 11.5. The van der Waals surface area contributed by atoms with Crippen LogP contribution >= 0.6 is 11.3 Å². The predicted octanol–water partition coefficient (Wildman–Crippen LogP) is 4.12. The number of rotatable bonds is 2. The molecule has 0 radical (unpaired) electrons. The van der Waals surface area contributed by atoms with Crippen LogP contribution in [0.5, 0.6) is 0 Å². The molecule has 1 aliphatic rings. The standard InChI is InChI=1S/C19H19N3OS/c1-11-8-12(2)10-13(9-11)20-19(23)17-15-4-5-16-14(6-7-24-16)18(15)22(3)21-17/h6-10H,4-5H2,1-3H3,(H,20,23). The molecule has 2 heterocycles. The molecule has 122 valence electrons. The Morgan fingerprint density at radius 2 is 1.96 bits per heavy atom. The molecular weight excluding hydrogens is 318 g/mol. The Labute approximate surface area is 145 Å². The van der Waals surface area contributed by atoms with Crippen LogP contribution in [0.3, 0.4) is 0 Å². The minimum absolute atomic E-state index is 0.129. The summed E-state index contributed by atoms with van der Waals surface area (Å²) < 4.78 is 1.84. The van der Waals surface area contributed by atoms with E-state index in [-0.39, 0.29) is 5.91 Å². The van der Waals surface area contributed by atoms with Gasteiger partial charge in [0.1, 0.15) is 0 Å². The van der Waals surface area contributed by atoms with Gasteiger partial charge < -0.3 is 5.32 Å². The van der Waals surface area contributed by atoms with Gasteiger partial charge in [0.25, 0.3) is 5.91 Å². The summed E-state index contributed by atoms with van der Waals surface area (Å²) in [6.07, 6.45) is 1.85. The lowest BCUT2D eigenvalue weighted by Crippen LogP contribution is -2.15. The lowest BCUT2D eigenvalue weighted by Gasteiger charge is -2.14. The highest BCUT2D eigenvalue weighted by atomic mass is 32.1. The van der Waals surface area contributed by atoms with Crippen molar-refractivity contribution >= 4 is 22.9 Å². The number of carbonyl (C=O) groups is 1. The number of thiophene rings is 1. The SMILES string of the molecule is Cc1cc(C)cc(NC(=O)c2nn(C)c3c2CCc2sccc2-3)c1. The molecule has 5 heteroatoms. The zero-order valence-electron chi connectivity index (χ0n) is 14.0. The molecule has 0 unspecified atom stereocenters. The molecule has 0 fully saturated rings. The number of carbonyl (C=O) groups excluding carboxylic acids is 1. The maximum absolute atomic E-state index is 12.8. The van der Waals surface area contributed by atoms with Gasteiger partial charge in [-0.05, 0) is 61.4 Å². The van der Waals surface area contributed by atoms with Gasteiger partial charge in [-0.3, -0.25) is 9.48 Å². The number of anilines is 1. The van der Waals surface area contributed by atoms with Gasteiger partial charge in [0.15, 0.2) is 5.69 Å². The summed E-state index contributed by atoms with van der Waals surface area (Å²) >= 11 is 1.78. The Hall–Kier alpha value is -2.40. The van der Waals surface area contributed by atoms with Gasteiger partial charge in [0.2, 0.25) is 0 Å². The third-order valence-corrected chi connectivity index (χ3v) is 5.42. The van der Waals surface area contributed by atoms with Gasteiger partial charge in [-0.15, -0.1) is 11.3 Å². The number of amides is 1. The number of aromatic nitrogens is 2. The fraction of sp³-hybridized carbons (Fsp3) is 0.263. The quantitative estimate of drug-likeness (QED) is 0.765. The van der Waals surface area contributed by atoms with Gasteiger partial charge in [0, 0.05) is 28.7 Å². The molecule has 0 saturated carbocycles. The van der Waals surface area contributed by atoms with Crippen molar-refractivity contribution in [3.8, 4) is 11.3 Å². The molecule has 1 aromatic carbocycles. The summed E-state index contributed by atoms with van der Waals surface area (Å²) in [6, 6.07) is 8.19. The van der Waals surface area contributed by atoms with E-state index in [0.29, 0.717) is 5.69 Å². The van der Waals surface area contributed by atoms with Crippen molar-refractivity contribution in [3.05, 3.63) is 56.9 Å². The number of hydrogen-bond acceptors (Lipinski definition) is 3. The molecule has 2 aromatic heterocycles. The van der Waals surface area contributed by atoms with Crippen LogP contribution in [0.4, 0.5) is 5.69 Å².